The summed E-state index contributed by atoms with van der Waals surface area (Å²) < 4.78 is 0. The van der Waals surface area contributed by atoms with E-state index in [2.05, 4.69) is 47.8 Å². The van der Waals surface area contributed by atoms with Crippen LogP contribution in [-0.4, -0.2) is 35.3 Å². The summed E-state index contributed by atoms with van der Waals surface area (Å²) >= 11 is 0. The third kappa shape index (κ3) is 6.25. The van der Waals surface area contributed by atoms with Crippen molar-refractivity contribution in [1.29, 1.82) is 0 Å². The molecule has 178 valence electrons. The first kappa shape index (κ1) is 24.0. The van der Waals surface area contributed by atoms with Crippen LogP contribution in [0.4, 0.5) is 0 Å². The van der Waals surface area contributed by atoms with Crippen molar-refractivity contribution in [2.75, 3.05) is 6.54 Å². The molecule has 2 amide bonds. The maximum absolute atomic E-state index is 13.5. The number of hydrogen-bond acceptors (Lipinski definition) is 2. The normalized spacial score (nSPS) is 15.1. The maximum atomic E-state index is 13.5. The van der Waals surface area contributed by atoms with Crippen LogP contribution in [0, 0.1) is 0 Å². The van der Waals surface area contributed by atoms with E-state index in [0.29, 0.717) is 19.4 Å². The van der Waals surface area contributed by atoms with Crippen molar-refractivity contribution in [3.63, 3.8) is 0 Å². The van der Waals surface area contributed by atoms with Crippen molar-refractivity contribution in [2.24, 2.45) is 0 Å². The average molecular weight is 457 g/mol. The van der Waals surface area contributed by atoms with Crippen LogP contribution in [0.1, 0.15) is 56.6 Å². The van der Waals surface area contributed by atoms with E-state index in [9.17, 15) is 9.59 Å². The van der Waals surface area contributed by atoms with Gasteiger partial charge in [0.2, 0.25) is 11.8 Å². The summed E-state index contributed by atoms with van der Waals surface area (Å²) in [6, 6.07) is 24.5. The quantitative estimate of drug-likeness (QED) is 0.450. The summed E-state index contributed by atoms with van der Waals surface area (Å²) in [7, 11) is 0. The Morgan fingerprint density at radius 1 is 0.882 bits per heavy atom. The van der Waals surface area contributed by atoms with Crippen molar-refractivity contribution in [3.8, 4) is 0 Å². The van der Waals surface area contributed by atoms with Crippen molar-refractivity contribution < 1.29 is 9.59 Å². The van der Waals surface area contributed by atoms with E-state index < -0.39 is 6.04 Å². The molecule has 0 aliphatic heterocycles. The highest BCUT2D eigenvalue weighted by atomic mass is 16.2. The summed E-state index contributed by atoms with van der Waals surface area (Å²) in [5.41, 5.74) is 2.35. The predicted octanol–water partition coefficient (Wildman–Crippen LogP) is 5.68. The third-order valence-electron chi connectivity index (χ3n) is 7.09. The molecule has 0 unspecified atom stereocenters. The van der Waals surface area contributed by atoms with Gasteiger partial charge in [0.15, 0.2) is 0 Å². The molecule has 1 atom stereocenters. The number of carbonyl (C=O) groups excluding carboxylic acids is 2. The Hall–Kier alpha value is -3.14. The number of nitrogens with zero attached hydrogens (tertiary/aromatic N) is 1. The van der Waals surface area contributed by atoms with Gasteiger partial charge in [-0.3, -0.25) is 9.59 Å². The fourth-order valence-corrected chi connectivity index (χ4v) is 5.03. The molecule has 3 aromatic carbocycles. The molecule has 1 aliphatic carbocycles. The second-order valence-corrected chi connectivity index (χ2v) is 9.48. The SMILES string of the molecule is C[C@@H](C(=O)NC1CCCCC1)N(CCc1ccccc1)C(=O)CCc1cccc2ccccc12. The van der Waals surface area contributed by atoms with E-state index >= 15 is 0 Å². The predicted molar refractivity (Wildman–Crippen MR) is 139 cm³/mol. The molecule has 4 nitrogen and oxygen atoms in total. The summed E-state index contributed by atoms with van der Waals surface area (Å²) in [4.78, 5) is 28.4. The average Bonchev–Trinajstić information content (AvgIpc) is 2.88. The number of rotatable bonds is 9. The van der Waals surface area contributed by atoms with Gasteiger partial charge in [-0.25, -0.2) is 0 Å². The van der Waals surface area contributed by atoms with E-state index in [1.165, 1.54) is 41.2 Å². The number of fused-ring (bicyclic) bond motifs is 1. The molecule has 0 aromatic heterocycles. The minimum absolute atomic E-state index is 0.0292. The Bertz CT molecular complexity index is 1080. The largest absolute Gasteiger partial charge is 0.352 e. The Kier molecular flexibility index (Phi) is 8.35. The fraction of sp³-hybridized carbons (Fsp3) is 0.400. The van der Waals surface area contributed by atoms with Crippen molar-refractivity contribution in [2.45, 2.75) is 70.4 Å². The van der Waals surface area contributed by atoms with Crippen LogP contribution in [0.25, 0.3) is 10.8 Å². The number of carbonyl (C=O) groups is 2. The Morgan fingerprint density at radius 2 is 1.59 bits per heavy atom. The summed E-state index contributed by atoms with van der Waals surface area (Å²) in [6.07, 6.45) is 7.46. The van der Waals surface area contributed by atoms with Gasteiger partial charge in [0.1, 0.15) is 6.04 Å². The van der Waals surface area contributed by atoms with Gasteiger partial charge >= 0.3 is 0 Å². The van der Waals surface area contributed by atoms with Crippen LogP contribution >= 0.6 is 0 Å². The van der Waals surface area contributed by atoms with Gasteiger partial charge < -0.3 is 10.2 Å². The molecule has 4 heteroatoms. The van der Waals surface area contributed by atoms with Gasteiger partial charge in [-0.1, -0.05) is 92.1 Å². The first-order valence-corrected chi connectivity index (χ1v) is 12.7. The first-order chi connectivity index (χ1) is 16.6. The molecular weight excluding hydrogens is 420 g/mol. The van der Waals surface area contributed by atoms with Gasteiger partial charge in [0.25, 0.3) is 0 Å². The first-order valence-electron chi connectivity index (χ1n) is 12.7. The van der Waals surface area contributed by atoms with E-state index in [1.807, 2.05) is 37.3 Å². The minimum Gasteiger partial charge on any atom is -0.352 e. The zero-order chi connectivity index (χ0) is 23.8. The molecule has 1 N–H and O–H groups in total. The lowest BCUT2D eigenvalue weighted by Crippen LogP contribution is -2.51. The molecule has 0 radical (unpaired) electrons. The van der Waals surface area contributed by atoms with Gasteiger partial charge in [-0.05, 0) is 54.5 Å². The van der Waals surface area contributed by atoms with Crippen LogP contribution in [0.2, 0.25) is 0 Å². The standard InChI is InChI=1S/C30H36N2O2/c1-23(30(34)31-27-16-6-3-7-17-27)32(22-21-24-11-4-2-5-12-24)29(33)20-19-26-15-10-14-25-13-8-9-18-28(25)26/h2,4-5,8-15,18,23,27H,3,6-7,16-17,19-22H2,1H3,(H,31,34)/t23-/m0/s1. The van der Waals surface area contributed by atoms with E-state index in [1.54, 1.807) is 4.90 Å². The van der Waals surface area contributed by atoms with Gasteiger partial charge in [-0.2, -0.15) is 0 Å². The van der Waals surface area contributed by atoms with Crippen molar-refractivity contribution in [3.05, 3.63) is 83.9 Å². The lowest BCUT2D eigenvalue weighted by Gasteiger charge is -2.31. The highest BCUT2D eigenvalue weighted by molar-refractivity contribution is 5.89. The number of nitrogens with one attached hydrogen (secondary N) is 1. The summed E-state index contributed by atoms with van der Waals surface area (Å²) in [5.74, 6) is 0.00799. The highest BCUT2D eigenvalue weighted by Crippen LogP contribution is 2.21. The fourth-order valence-electron chi connectivity index (χ4n) is 5.03. The van der Waals surface area contributed by atoms with Crippen LogP contribution in [-0.2, 0) is 22.4 Å². The summed E-state index contributed by atoms with van der Waals surface area (Å²) in [5, 5.41) is 5.60. The molecule has 0 heterocycles. The van der Waals surface area contributed by atoms with Crippen LogP contribution in [0.15, 0.2) is 72.8 Å². The molecule has 0 saturated heterocycles. The van der Waals surface area contributed by atoms with E-state index in [4.69, 9.17) is 0 Å². The molecule has 1 fully saturated rings. The van der Waals surface area contributed by atoms with E-state index in [0.717, 1.165) is 19.3 Å². The molecule has 4 rings (SSSR count). The molecule has 0 bridgehead atoms. The molecule has 1 aliphatic rings. The topological polar surface area (TPSA) is 49.4 Å². The maximum Gasteiger partial charge on any atom is 0.242 e. The van der Waals surface area contributed by atoms with Crippen molar-refractivity contribution in [1.82, 2.24) is 10.2 Å². The summed E-state index contributed by atoms with van der Waals surface area (Å²) in [6.45, 7) is 2.41. The van der Waals surface area contributed by atoms with Gasteiger partial charge in [0.05, 0.1) is 0 Å². The molecule has 34 heavy (non-hydrogen) atoms. The Morgan fingerprint density at radius 3 is 2.38 bits per heavy atom. The Balaban J connectivity index is 1.45. The van der Waals surface area contributed by atoms with Crippen molar-refractivity contribution >= 4 is 22.6 Å². The van der Waals surface area contributed by atoms with Crippen LogP contribution in [0.3, 0.4) is 0 Å². The lowest BCUT2D eigenvalue weighted by molar-refractivity contribution is -0.140. The van der Waals surface area contributed by atoms with Gasteiger partial charge in [0, 0.05) is 19.0 Å². The zero-order valence-electron chi connectivity index (χ0n) is 20.2. The number of hydrogen-bond donors (Lipinski definition) is 1. The smallest absolute Gasteiger partial charge is 0.242 e. The molecule has 1 saturated carbocycles. The number of benzene rings is 3. The molecule has 3 aromatic rings. The van der Waals surface area contributed by atoms with E-state index in [-0.39, 0.29) is 17.9 Å². The third-order valence-corrected chi connectivity index (χ3v) is 7.09. The van der Waals surface area contributed by atoms with Gasteiger partial charge in [-0.15, -0.1) is 0 Å². The van der Waals surface area contributed by atoms with Crippen LogP contribution < -0.4 is 5.32 Å². The monoisotopic (exact) mass is 456 g/mol. The Labute approximate surface area is 203 Å². The zero-order valence-corrected chi connectivity index (χ0v) is 20.2. The van der Waals surface area contributed by atoms with Crippen LogP contribution in [0.5, 0.6) is 0 Å². The molecular formula is C30H36N2O2. The second-order valence-electron chi connectivity index (χ2n) is 9.48. The minimum atomic E-state index is -0.481. The highest BCUT2D eigenvalue weighted by Gasteiger charge is 2.27. The molecule has 0 spiro atoms. The number of amides is 2. The second kappa shape index (κ2) is 11.8. The number of aryl methyl sites for hydroxylation is 1. The lowest BCUT2D eigenvalue weighted by atomic mass is 9.95.